The zero-order chi connectivity index (χ0) is 10.1. The number of nitrogens with zero attached hydrogens (tertiary/aromatic N) is 1. The molecule has 0 saturated heterocycles. The number of hydrogen-bond acceptors (Lipinski definition) is 3. The molecule has 0 aliphatic heterocycles. The van der Waals surface area contributed by atoms with E-state index in [-0.39, 0.29) is 17.2 Å². The van der Waals surface area contributed by atoms with E-state index in [1.165, 1.54) is 6.20 Å². The summed E-state index contributed by atoms with van der Waals surface area (Å²) in [5.74, 6) is 0.527. The van der Waals surface area contributed by atoms with Crippen LogP contribution in [0.1, 0.15) is 37.2 Å². The van der Waals surface area contributed by atoms with Gasteiger partial charge in [-0.25, -0.2) is 4.98 Å². The topological polar surface area (TPSA) is 55.1 Å². The normalized spacial score (nSPS) is 11.4. The van der Waals surface area contributed by atoms with Gasteiger partial charge in [-0.2, -0.15) is 0 Å². The van der Waals surface area contributed by atoms with Crippen molar-refractivity contribution in [2.45, 2.75) is 33.2 Å². The van der Waals surface area contributed by atoms with E-state index in [1.54, 1.807) is 6.92 Å². The minimum absolute atomic E-state index is 0.229. The van der Waals surface area contributed by atoms with Crippen LogP contribution in [0, 0.1) is 6.92 Å². The number of rotatable bonds is 1. The van der Waals surface area contributed by atoms with Crippen molar-refractivity contribution < 1.29 is 9.21 Å². The highest BCUT2D eigenvalue weighted by Gasteiger charge is 2.17. The van der Waals surface area contributed by atoms with Crippen LogP contribution >= 0.6 is 0 Å². The van der Waals surface area contributed by atoms with Gasteiger partial charge in [-0.15, -0.1) is 0 Å². The van der Waals surface area contributed by atoms with Gasteiger partial charge in [0.05, 0.1) is 6.20 Å². The van der Waals surface area contributed by atoms with E-state index in [1.807, 2.05) is 20.8 Å². The SMILES string of the molecule is Cc1ncc(C(=O)NC(C)(C)C)o1. The van der Waals surface area contributed by atoms with E-state index in [0.717, 1.165) is 0 Å². The summed E-state index contributed by atoms with van der Waals surface area (Å²) in [6.07, 6.45) is 1.43. The molecule has 4 nitrogen and oxygen atoms in total. The Kier molecular flexibility index (Phi) is 2.40. The fraction of sp³-hybridized carbons (Fsp3) is 0.556. The van der Waals surface area contributed by atoms with Crippen molar-refractivity contribution in [3.63, 3.8) is 0 Å². The Labute approximate surface area is 77.3 Å². The molecular formula is C9H14N2O2. The quantitative estimate of drug-likeness (QED) is 0.716. The minimum atomic E-state index is -0.252. The summed E-state index contributed by atoms with van der Waals surface area (Å²) in [7, 11) is 0. The van der Waals surface area contributed by atoms with Crippen molar-refractivity contribution in [1.29, 1.82) is 0 Å². The van der Waals surface area contributed by atoms with Gasteiger partial charge in [-0.1, -0.05) is 0 Å². The predicted molar refractivity (Wildman–Crippen MR) is 48.5 cm³/mol. The second-order valence-electron chi connectivity index (χ2n) is 3.95. The number of hydrogen-bond donors (Lipinski definition) is 1. The van der Waals surface area contributed by atoms with Crippen LogP contribution in [-0.2, 0) is 0 Å². The molecule has 0 aliphatic carbocycles. The summed E-state index contributed by atoms with van der Waals surface area (Å²) >= 11 is 0. The highest BCUT2D eigenvalue weighted by molar-refractivity contribution is 5.91. The number of nitrogens with one attached hydrogen (secondary N) is 1. The maximum Gasteiger partial charge on any atom is 0.289 e. The van der Waals surface area contributed by atoms with Crippen LogP contribution in [0.4, 0.5) is 0 Å². The molecular weight excluding hydrogens is 168 g/mol. The molecule has 0 unspecified atom stereocenters. The first kappa shape index (κ1) is 9.77. The Morgan fingerprint density at radius 3 is 2.54 bits per heavy atom. The van der Waals surface area contributed by atoms with Gasteiger partial charge in [0.1, 0.15) is 0 Å². The third-order valence-corrected chi connectivity index (χ3v) is 1.33. The highest BCUT2D eigenvalue weighted by atomic mass is 16.4. The Hall–Kier alpha value is -1.32. The molecule has 0 aromatic carbocycles. The van der Waals surface area contributed by atoms with Crippen molar-refractivity contribution >= 4 is 5.91 Å². The third kappa shape index (κ3) is 2.89. The lowest BCUT2D eigenvalue weighted by atomic mass is 10.1. The smallest absolute Gasteiger partial charge is 0.289 e. The van der Waals surface area contributed by atoms with Crippen molar-refractivity contribution in [3.8, 4) is 0 Å². The summed E-state index contributed by atoms with van der Waals surface area (Å²) in [5.41, 5.74) is -0.252. The molecule has 1 rings (SSSR count). The molecule has 0 saturated carbocycles. The second kappa shape index (κ2) is 3.20. The Balaban J connectivity index is 2.70. The summed E-state index contributed by atoms with van der Waals surface area (Å²) in [6, 6.07) is 0. The lowest BCUT2D eigenvalue weighted by molar-refractivity contribution is 0.0890. The molecule has 72 valence electrons. The van der Waals surface area contributed by atoms with E-state index in [2.05, 4.69) is 10.3 Å². The fourth-order valence-electron chi connectivity index (χ4n) is 0.869. The number of amides is 1. The first-order valence-electron chi connectivity index (χ1n) is 4.13. The standard InChI is InChI=1S/C9H14N2O2/c1-6-10-5-7(13-6)8(12)11-9(2,3)4/h5H,1-4H3,(H,11,12). The van der Waals surface area contributed by atoms with Gasteiger partial charge in [0.15, 0.2) is 5.89 Å². The Morgan fingerprint density at radius 1 is 1.54 bits per heavy atom. The number of aromatic nitrogens is 1. The van der Waals surface area contributed by atoms with Gasteiger partial charge >= 0.3 is 0 Å². The van der Waals surface area contributed by atoms with Gasteiger partial charge in [0, 0.05) is 12.5 Å². The highest BCUT2D eigenvalue weighted by Crippen LogP contribution is 2.05. The lowest BCUT2D eigenvalue weighted by Gasteiger charge is -2.19. The predicted octanol–water partition coefficient (Wildman–Crippen LogP) is 1.51. The van der Waals surface area contributed by atoms with Crippen LogP contribution in [0.2, 0.25) is 0 Å². The fourth-order valence-corrected chi connectivity index (χ4v) is 0.869. The van der Waals surface area contributed by atoms with E-state index < -0.39 is 0 Å². The second-order valence-corrected chi connectivity index (χ2v) is 3.95. The molecule has 13 heavy (non-hydrogen) atoms. The summed E-state index contributed by atoms with van der Waals surface area (Å²) < 4.78 is 5.07. The molecule has 0 fully saturated rings. The molecule has 1 heterocycles. The van der Waals surface area contributed by atoms with E-state index in [4.69, 9.17) is 4.42 Å². The monoisotopic (exact) mass is 182 g/mol. The maximum atomic E-state index is 11.4. The Bertz CT molecular complexity index is 310. The van der Waals surface area contributed by atoms with Crippen molar-refractivity contribution in [1.82, 2.24) is 10.3 Å². The van der Waals surface area contributed by atoms with Crippen LogP contribution in [-0.4, -0.2) is 16.4 Å². The first-order chi connectivity index (χ1) is 5.88. The molecule has 1 aromatic rings. The van der Waals surface area contributed by atoms with Crippen LogP contribution < -0.4 is 5.32 Å². The Morgan fingerprint density at radius 2 is 2.15 bits per heavy atom. The molecule has 0 radical (unpaired) electrons. The van der Waals surface area contributed by atoms with Crippen LogP contribution in [0.3, 0.4) is 0 Å². The van der Waals surface area contributed by atoms with Gasteiger partial charge in [-0.3, -0.25) is 4.79 Å². The maximum absolute atomic E-state index is 11.4. The van der Waals surface area contributed by atoms with Crippen molar-refractivity contribution in [3.05, 3.63) is 17.8 Å². The molecule has 1 aromatic heterocycles. The number of carbonyl (C=O) groups is 1. The van der Waals surface area contributed by atoms with Gasteiger partial charge in [0.2, 0.25) is 5.76 Å². The summed E-state index contributed by atoms with van der Waals surface area (Å²) in [5, 5.41) is 2.78. The van der Waals surface area contributed by atoms with Gasteiger partial charge < -0.3 is 9.73 Å². The molecule has 0 aliphatic rings. The molecule has 1 N–H and O–H groups in total. The molecule has 0 spiro atoms. The molecule has 0 bridgehead atoms. The zero-order valence-electron chi connectivity index (χ0n) is 8.34. The lowest BCUT2D eigenvalue weighted by Crippen LogP contribution is -2.40. The summed E-state index contributed by atoms with van der Waals surface area (Å²) in [4.78, 5) is 15.3. The van der Waals surface area contributed by atoms with E-state index >= 15 is 0 Å². The van der Waals surface area contributed by atoms with Crippen LogP contribution in [0.25, 0.3) is 0 Å². The van der Waals surface area contributed by atoms with E-state index in [9.17, 15) is 4.79 Å². The molecule has 1 amide bonds. The average Bonchev–Trinajstić information content (AvgIpc) is 2.31. The number of oxazole rings is 1. The number of carbonyl (C=O) groups excluding carboxylic acids is 1. The van der Waals surface area contributed by atoms with E-state index in [0.29, 0.717) is 5.89 Å². The first-order valence-corrected chi connectivity index (χ1v) is 4.13. The minimum Gasteiger partial charge on any atom is -0.436 e. The third-order valence-electron chi connectivity index (χ3n) is 1.33. The van der Waals surface area contributed by atoms with Crippen molar-refractivity contribution in [2.75, 3.05) is 0 Å². The van der Waals surface area contributed by atoms with Crippen LogP contribution in [0.5, 0.6) is 0 Å². The zero-order valence-corrected chi connectivity index (χ0v) is 8.34. The largest absolute Gasteiger partial charge is 0.436 e. The summed E-state index contributed by atoms with van der Waals surface area (Å²) in [6.45, 7) is 7.43. The number of aryl methyl sites for hydroxylation is 1. The molecule has 4 heteroatoms. The van der Waals surface area contributed by atoms with Gasteiger partial charge in [0.25, 0.3) is 5.91 Å². The van der Waals surface area contributed by atoms with Crippen molar-refractivity contribution in [2.24, 2.45) is 0 Å². The van der Waals surface area contributed by atoms with Crippen LogP contribution in [0.15, 0.2) is 10.6 Å². The average molecular weight is 182 g/mol. The van der Waals surface area contributed by atoms with Gasteiger partial charge in [-0.05, 0) is 20.8 Å². The molecule has 0 atom stereocenters.